The van der Waals surface area contributed by atoms with Crippen LogP contribution in [0.4, 0.5) is 5.69 Å². The molecule has 2 rings (SSSR count). The molecular formula is C10H13N5O3S. The minimum atomic E-state index is -3.69. The lowest BCUT2D eigenvalue weighted by Crippen LogP contribution is -2.25. The Kier molecular flexibility index (Phi) is 4.07. The first-order valence-electron chi connectivity index (χ1n) is 5.56. The van der Waals surface area contributed by atoms with Crippen molar-refractivity contribution in [3.8, 4) is 0 Å². The van der Waals surface area contributed by atoms with Gasteiger partial charge in [-0.25, -0.2) is 13.1 Å². The highest BCUT2D eigenvalue weighted by atomic mass is 32.2. The van der Waals surface area contributed by atoms with Crippen molar-refractivity contribution < 1.29 is 12.9 Å². The molecular weight excluding hydrogens is 270 g/mol. The minimum Gasteiger partial charge on any atom is -0.384 e. The van der Waals surface area contributed by atoms with Crippen LogP contribution in [0.25, 0.3) is 0 Å². The molecule has 2 N–H and O–H groups in total. The molecule has 2 aromatic heterocycles. The standard InChI is InChI=1S/C10H13N5O3S/c1-2-12-8-3-4-11-5-9(8)19(16,17)14-6-10-13-7-18-15-10/h3-5,7,14H,2,6H2,1H3,(H,11,12). The molecule has 0 aliphatic rings. The average molecular weight is 283 g/mol. The SMILES string of the molecule is CCNc1ccncc1S(=O)(=O)NCc1ncon1. The molecule has 8 nitrogen and oxygen atoms in total. The average Bonchev–Trinajstić information content (AvgIpc) is 2.91. The maximum Gasteiger partial charge on any atom is 0.244 e. The van der Waals surface area contributed by atoms with Gasteiger partial charge in [-0.05, 0) is 13.0 Å². The van der Waals surface area contributed by atoms with Crippen LogP contribution < -0.4 is 10.0 Å². The molecule has 0 unspecified atom stereocenters. The van der Waals surface area contributed by atoms with Crippen LogP contribution in [0, 0.1) is 0 Å². The second-order valence-electron chi connectivity index (χ2n) is 3.57. The Bertz CT molecular complexity index is 626. The van der Waals surface area contributed by atoms with Gasteiger partial charge >= 0.3 is 0 Å². The second-order valence-corrected chi connectivity index (χ2v) is 5.31. The highest BCUT2D eigenvalue weighted by molar-refractivity contribution is 7.89. The zero-order valence-corrected chi connectivity index (χ0v) is 11.0. The molecule has 0 atom stereocenters. The number of aromatic nitrogens is 3. The Labute approximate surface area is 110 Å². The zero-order valence-electron chi connectivity index (χ0n) is 10.2. The van der Waals surface area contributed by atoms with Gasteiger partial charge in [-0.15, -0.1) is 0 Å². The largest absolute Gasteiger partial charge is 0.384 e. The summed E-state index contributed by atoms with van der Waals surface area (Å²) >= 11 is 0. The smallest absolute Gasteiger partial charge is 0.244 e. The van der Waals surface area contributed by atoms with Gasteiger partial charge in [0.15, 0.2) is 5.82 Å². The Balaban J connectivity index is 2.19. The van der Waals surface area contributed by atoms with E-state index in [4.69, 9.17) is 0 Å². The van der Waals surface area contributed by atoms with Gasteiger partial charge in [0.05, 0.1) is 12.2 Å². The molecule has 0 saturated heterocycles. The fourth-order valence-corrected chi connectivity index (χ4v) is 2.54. The molecule has 0 fully saturated rings. The van der Waals surface area contributed by atoms with Crippen LogP contribution in [-0.2, 0) is 16.6 Å². The molecule has 0 aliphatic carbocycles. The van der Waals surface area contributed by atoms with E-state index in [-0.39, 0.29) is 17.3 Å². The third-order valence-electron chi connectivity index (χ3n) is 2.27. The topological polar surface area (TPSA) is 110 Å². The molecule has 19 heavy (non-hydrogen) atoms. The third-order valence-corrected chi connectivity index (χ3v) is 3.70. The Morgan fingerprint density at radius 1 is 1.42 bits per heavy atom. The second kappa shape index (κ2) is 5.76. The van der Waals surface area contributed by atoms with Crippen molar-refractivity contribution in [1.82, 2.24) is 19.8 Å². The maximum absolute atomic E-state index is 12.1. The number of sulfonamides is 1. The van der Waals surface area contributed by atoms with E-state index < -0.39 is 10.0 Å². The van der Waals surface area contributed by atoms with Crippen molar-refractivity contribution >= 4 is 15.7 Å². The van der Waals surface area contributed by atoms with Gasteiger partial charge < -0.3 is 9.84 Å². The predicted molar refractivity (Wildman–Crippen MR) is 66.7 cm³/mol. The van der Waals surface area contributed by atoms with E-state index in [9.17, 15) is 8.42 Å². The predicted octanol–water partition coefficient (Wildman–Crippen LogP) is 0.375. The molecule has 0 aromatic carbocycles. The summed E-state index contributed by atoms with van der Waals surface area (Å²) in [5.41, 5.74) is 0.498. The number of nitrogens with one attached hydrogen (secondary N) is 2. The van der Waals surface area contributed by atoms with E-state index in [1.165, 1.54) is 12.4 Å². The van der Waals surface area contributed by atoms with Gasteiger partial charge in [0.1, 0.15) is 4.90 Å². The van der Waals surface area contributed by atoms with Crippen LogP contribution >= 0.6 is 0 Å². The first-order valence-corrected chi connectivity index (χ1v) is 7.04. The van der Waals surface area contributed by atoms with Crippen LogP contribution in [0.3, 0.4) is 0 Å². The van der Waals surface area contributed by atoms with Crippen LogP contribution in [0.1, 0.15) is 12.7 Å². The molecule has 0 aliphatic heterocycles. The van der Waals surface area contributed by atoms with E-state index in [1.54, 1.807) is 6.07 Å². The fraction of sp³-hybridized carbons (Fsp3) is 0.300. The summed E-state index contributed by atoms with van der Waals surface area (Å²) in [7, 11) is -3.69. The van der Waals surface area contributed by atoms with E-state index in [1.807, 2.05) is 6.92 Å². The summed E-state index contributed by atoms with van der Waals surface area (Å²) in [6.45, 7) is 2.44. The number of hydrogen-bond donors (Lipinski definition) is 2. The van der Waals surface area contributed by atoms with Gasteiger partial charge in [0, 0.05) is 18.9 Å². The van der Waals surface area contributed by atoms with Crippen LogP contribution in [0.2, 0.25) is 0 Å². The fourth-order valence-electron chi connectivity index (χ4n) is 1.44. The monoisotopic (exact) mass is 283 g/mol. The van der Waals surface area contributed by atoms with Gasteiger partial charge in [-0.2, -0.15) is 4.98 Å². The van der Waals surface area contributed by atoms with Crippen molar-refractivity contribution in [3.05, 3.63) is 30.7 Å². The molecule has 2 aromatic rings. The molecule has 102 valence electrons. The van der Waals surface area contributed by atoms with Gasteiger partial charge in [-0.3, -0.25) is 4.98 Å². The highest BCUT2D eigenvalue weighted by Gasteiger charge is 2.19. The van der Waals surface area contributed by atoms with E-state index in [0.717, 1.165) is 6.39 Å². The van der Waals surface area contributed by atoms with E-state index in [0.29, 0.717) is 12.2 Å². The summed E-state index contributed by atoms with van der Waals surface area (Å²) in [6.07, 6.45) is 3.95. The number of nitrogens with zero attached hydrogens (tertiary/aromatic N) is 3. The van der Waals surface area contributed by atoms with Gasteiger partial charge in [0.2, 0.25) is 16.4 Å². The summed E-state index contributed by atoms with van der Waals surface area (Å²) in [6, 6.07) is 1.60. The van der Waals surface area contributed by atoms with Crippen molar-refractivity contribution in [1.29, 1.82) is 0 Å². The zero-order chi connectivity index (χ0) is 13.7. The molecule has 2 heterocycles. The Morgan fingerprint density at radius 3 is 2.95 bits per heavy atom. The van der Waals surface area contributed by atoms with Crippen LogP contribution in [0.15, 0.2) is 34.3 Å². The molecule has 9 heteroatoms. The third kappa shape index (κ3) is 3.26. The van der Waals surface area contributed by atoms with Crippen molar-refractivity contribution in [2.45, 2.75) is 18.4 Å². The van der Waals surface area contributed by atoms with E-state index >= 15 is 0 Å². The minimum absolute atomic E-state index is 0.0424. The quantitative estimate of drug-likeness (QED) is 0.788. The number of rotatable bonds is 6. The number of hydrogen-bond acceptors (Lipinski definition) is 7. The van der Waals surface area contributed by atoms with E-state index in [2.05, 4.69) is 29.7 Å². The van der Waals surface area contributed by atoms with Crippen LogP contribution in [-0.4, -0.2) is 30.1 Å². The lowest BCUT2D eigenvalue weighted by atomic mass is 10.4. The molecule has 0 amide bonds. The van der Waals surface area contributed by atoms with Crippen molar-refractivity contribution in [2.24, 2.45) is 0 Å². The first kappa shape index (κ1) is 13.4. The molecule has 0 bridgehead atoms. The van der Waals surface area contributed by atoms with Crippen molar-refractivity contribution in [2.75, 3.05) is 11.9 Å². The van der Waals surface area contributed by atoms with Crippen molar-refractivity contribution in [3.63, 3.8) is 0 Å². The maximum atomic E-state index is 12.1. The highest BCUT2D eigenvalue weighted by Crippen LogP contribution is 2.19. The molecule has 0 radical (unpaired) electrons. The lowest BCUT2D eigenvalue weighted by Gasteiger charge is -2.10. The number of pyridine rings is 1. The Morgan fingerprint density at radius 2 is 2.26 bits per heavy atom. The molecule has 0 saturated carbocycles. The van der Waals surface area contributed by atoms with Gasteiger partial charge in [0.25, 0.3) is 0 Å². The Hall–Kier alpha value is -2.00. The summed E-state index contributed by atoms with van der Waals surface area (Å²) in [5, 5.41) is 6.49. The number of anilines is 1. The molecule has 0 spiro atoms. The summed E-state index contributed by atoms with van der Waals surface area (Å²) in [4.78, 5) is 7.65. The van der Waals surface area contributed by atoms with Crippen LogP contribution in [0.5, 0.6) is 0 Å². The summed E-state index contributed by atoms with van der Waals surface area (Å²) < 4.78 is 31.2. The van der Waals surface area contributed by atoms with Gasteiger partial charge in [-0.1, -0.05) is 5.16 Å². The summed E-state index contributed by atoms with van der Waals surface area (Å²) in [5.74, 6) is 0.262. The normalized spacial score (nSPS) is 11.4. The lowest BCUT2D eigenvalue weighted by molar-refractivity contribution is 0.409. The first-order chi connectivity index (χ1) is 9.13.